The van der Waals surface area contributed by atoms with Gasteiger partial charge in [0.25, 0.3) is 0 Å². The summed E-state index contributed by atoms with van der Waals surface area (Å²) < 4.78 is 151. The van der Waals surface area contributed by atoms with Crippen LogP contribution in [0.15, 0.2) is 77.3 Å². The number of halogens is 13. The van der Waals surface area contributed by atoms with E-state index < -0.39 is 88.3 Å². The average molecular weight is 1030 g/mol. The number of aliphatic hydroxyl groups is 2. The van der Waals surface area contributed by atoms with Crippen LogP contribution >= 0.6 is 15.9 Å². The Hall–Kier alpha value is -6.86. The van der Waals surface area contributed by atoms with E-state index in [4.69, 9.17) is 32.0 Å². The highest BCUT2D eigenvalue weighted by Crippen LogP contribution is 2.43. The van der Waals surface area contributed by atoms with E-state index in [9.17, 15) is 72.5 Å². The average Bonchev–Trinajstić information content (AvgIpc) is 3.85. The van der Waals surface area contributed by atoms with Crippen LogP contribution in [0.2, 0.25) is 0 Å². The first-order chi connectivity index (χ1) is 31.4. The number of benzene rings is 4. The van der Waals surface area contributed by atoms with Crippen LogP contribution in [0.25, 0.3) is 19.4 Å². The molecule has 0 saturated carbocycles. The third kappa shape index (κ3) is 14.1. The number of carbonyl (C=O) groups is 2. The molecule has 2 heterocycles. The molecule has 6 rings (SSSR count). The van der Waals surface area contributed by atoms with Crippen molar-refractivity contribution in [2.24, 2.45) is 0 Å². The number of hydrogen-bond acceptors (Lipinski definition) is 5. The summed E-state index contributed by atoms with van der Waals surface area (Å²) in [6.07, 6.45) is -18.9. The largest absolute Gasteiger partial charge is 0.407 e. The van der Waals surface area contributed by atoms with Gasteiger partial charge in [-0.3, -0.25) is 9.59 Å². The monoisotopic (exact) mass is 1030 g/mol. The van der Waals surface area contributed by atoms with Gasteiger partial charge in [-0.05, 0) is 69.2 Å². The topological polar surface area (TPSA) is 125 Å². The van der Waals surface area contributed by atoms with Gasteiger partial charge in [-0.25, -0.2) is 19.4 Å². The number of hydrogen-bond donors (Lipinski definition) is 3. The first-order valence-corrected chi connectivity index (χ1v) is 20.0. The third-order valence-corrected chi connectivity index (χ3v) is 10.3. The van der Waals surface area contributed by atoms with Crippen LogP contribution in [0, 0.1) is 26.3 Å². The zero-order valence-corrected chi connectivity index (χ0v) is 36.5. The van der Waals surface area contributed by atoms with Crippen molar-refractivity contribution in [1.29, 1.82) is 0 Å². The zero-order valence-electron chi connectivity index (χ0n) is 35.0. The number of alkyl halides is 12. The maximum Gasteiger partial charge on any atom is 0.407 e. The molecule has 2 fully saturated rings. The molecule has 2 aliphatic rings. The third-order valence-electron chi connectivity index (χ3n) is 9.82. The summed E-state index contributed by atoms with van der Waals surface area (Å²) >= 11 is 2.92. The summed E-state index contributed by atoms with van der Waals surface area (Å²) in [4.78, 5) is 37.4. The second kappa shape index (κ2) is 22.3. The number of anilines is 3. The lowest BCUT2D eigenvalue weighted by molar-refractivity contribution is -0.137. The molecule has 0 aliphatic carbocycles. The molecule has 2 saturated heterocycles. The molecule has 0 radical (unpaired) electrons. The van der Waals surface area contributed by atoms with Crippen molar-refractivity contribution in [3.63, 3.8) is 0 Å². The second-order valence-corrected chi connectivity index (χ2v) is 15.4. The van der Waals surface area contributed by atoms with Crippen LogP contribution in [0.1, 0.15) is 61.8 Å². The van der Waals surface area contributed by atoms with E-state index in [0.29, 0.717) is 17.3 Å². The smallest absolute Gasteiger partial charge is 0.399 e. The zero-order chi connectivity index (χ0) is 51.7. The fourth-order valence-corrected chi connectivity index (χ4v) is 7.07. The molecule has 11 nitrogen and oxygen atoms in total. The molecule has 360 valence electrons. The molecule has 0 spiro atoms. The molecule has 2 amide bonds. The number of nitrogens with zero attached hydrogens (tertiary/aromatic N) is 6. The van der Waals surface area contributed by atoms with Crippen molar-refractivity contribution in [3.8, 4) is 0 Å². The number of nitrogen functional groups attached to an aromatic ring is 1. The first-order valence-electron chi connectivity index (χ1n) is 19.2. The van der Waals surface area contributed by atoms with E-state index in [1.165, 1.54) is 47.9 Å². The van der Waals surface area contributed by atoms with Crippen molar-refractivity contribution in [2.75, 3.05) is 15.5 Å². The molecule has 0 bridgehead atoms. The van der Waals surface area contributed by atoms with E-state index >= 15 is 0 Å². The van der Waals surface area contributed by atoms with E-state index in [2.05, 4.69) is 35.3 Å². The van der Waals surface area contributed by atoms with Crippen LogP contribution < -0.4 is 15.5 Å². The Labute approximate surface area is 388 Å². The van der Waals surface area contributed by atoms with Gasteiger partial charge in [0.05, 0.1) is 72.8 Å². The highest BCUT2D eigenvalue weighted by molar-refractivity contribution is 9.10. The number of amides is 2. The number of rotatable bonds is 4. The van der Waals surface area contributed by atoms with Gasteiger partial charge >= 0.3 is 24.7 Å². The normalized spacial score (nSPS) is 16.8. The molecule has 4 N–H and O–H groups in total. The molecule has 0 unspecified atom stereocenters. The summed E-state index contributed by atoms with van der Waals surface area (Å²) in [7, 11) is 0. The van der Waals surface area contributed by atoms with Gasteiger partial charge in [-0.2, -0.15) is 52.7 Å². The molecule has 4 atom stereocenters. The van der Waals surface area contributed by atoms with Crippen molar-refractivity contribution in [3.05, 3.63) is 145 Å². The fourth-order valence-electron chi connectivity index (χ4n) is 6.70. The Morgan fingerprint density at radius 3 is 1.15 bits per heavy atom. The lowest BCUT2D eigenvalue weighted by Crippen LogP contribution is -2.40. The van der Waals surface area contributed by atoms with E-state index in [0.717, 1.165) is 48.5 Å². The maximum atomic E-state index is 13.0. The fraction of sp³-hybridized carbons (Fsp3) is 0.318. The number of aliphatic hydroxyl groups excluding tert-OH is 2. The summed E-state index contributed by atoms with van der Waals surface area (Å²) in [6, 6.07) is 11.7. The standard InChI is InChI=1S/2C14H13F3N2O2.C8H3BrF3N.C8H5F3N2/c2*1-8(20)12-5-6-13(21)19(12)9-3-4-11(18-2)10(7-9)14(15,16)17;1-13-7-3-2-5(9)4-6(7)8(10,11)12;1-13-7-3-2-5(12)4-6(7)8(9,10)11/h2*3-4,7-8,12,20H,5-6H2,1H3;2-4H;2-4H,12H2/t8-,12+;8-,12-;;/m01../s1. The Morgan fingerprint density at radius 2 is 0.838 bits per heavy atom. The SMILES string of the molecule is [C-]#[N+]c1ccc(Br)cc1C(F)(F)F.[C-]#[N+]c1ccc(N)cc1C(F)(F)F.[C-]#[N+]c1ccc(N2C(=O)CC[C@@H]2[C@@H](C)O)cc1C(F)(F)F.[C-]#[N+]c1ccc(N2C(=O)CC[C@@H]2[C@H](C)O)cc1C(F)(F)F. The minimum Gasteiger partial charge on any atom is -0.399 e. The molecular formula is C44H34BrF12N7O4. The predicted molar refractivity (Wildman–Crippen MR) is 227 cm³/mol. The maximum absolute atomic E-state index is 13.0. The van der Waals surface area contributed by atoms with Crippen molar-refractivity contribution < 1.29 is 72.5 Å². The summed E-state index contributed by atoms with van der Waals surface area (Å²) in [5.74, 6) is -0.658. The Kier molecular flexibility index (Phi) is 18.2. The second-order valence-electron chi connectivity index (χ2n) is 14.5. The van der Waals surface area contributed by atoms with Crippen LogP contribution in [0.3, 0.4) is 0 Å². The summed E-state index contributed by atoms with van der Waals surface area (Å²) in [6.45, 7) is 29.6. The van der Waals surface area contributed by atoms with Crippen LogP contribution in [-0.4, -0.2) is 46.3 Å². The first kappa shape index (κ1) is 55.5. The molecule has 4 aromatic rings. The van der Waals surface area contributed by atoms with Gasteiger partial charge in [-0.1, -0.05) is 46.3 Å². The number of nitrogens with two attached hydrogens (primary N) is 1. The molecule has 0 aromatic heterocycles. The Morgan fingerprint density at radius 1 is 0.544 bits per heavy atom. The molecular weight excluding hydrogens is 998 g/mol. The van der Waals surface area contributed by atoms with Gasteiger partial charge in [0.2, 0.25) is 11.8 Å². The molecule has 68 heavy (non-hydrogen) atoms. The number of carbonyl (C=O) groups excluding carboxylic acids is 2. The lowest BCUT2D eigenvalue weighted by atomic mass is 10.1. The predicted octanol–water partition coefficient (Wildman–Crippen LogP) is 13.1. The Bertz CT molecular complexity index is 2480. The van der Waals surface area contributed by atoms with Crippen LogP contribution in [-0.2, 0) is 34.3 Å². The minimum atomic E-state index is -4.67. The lowest BCUT2D eigenvalue weighted by Gasteiger charge is -2.27. The van der Waals surface area contributed by atoms with E-state index in [1.807, 2.05) is 0 Å². The molecule has 2 aliphatic heterocycles. The van der Waals surface area contributed by atoms with Gasteiger partial charge in [-0.15, -0.1) is 0 Å². The molecule has 24 heteroatoms. The quantitative estimate of drug-likeness (QED) is 0.107. The van der Waals surface area contributed by atoms with Gasteiger partial charge in [0, 0.05) is 34.4 Å². The van der Waals surface area contributed by atoms with Gasteiger partial charge in [0.1, 0.15) is 0 Å². The van der Waals surface area contributed by atoms with Crippen molar-refractivity contribution >= 4 is 67.6 Å². The highest BCUT2D eigenvalue weighted by atomic mass is 79.9. The molecule has 4 aromatic carbocycles. The van der Waals surface area contributed by atoms with E-state index in [-0.39, 0.29) is 47.4 Å². The van der Waals surface area contributed by atoms with Gasteiger partial charge < -0.3 is 25.7 Å². The van der Waals surface area contributed by atoms with Crippen LogP contribution in [0.5, 0.6) is 0 Å². The van der Waals surface area contributed by atoms with Crippen molar-refractivity contribution in [1.82, 2.24) is 0 Å². The van der Waals surface area contributed by atoms with Crippen molar-refractivity contribution in [2.45, 2.75) is 88.5 Å². The Balaban J connectivity index is 0.000000247. The summed E-state index contributed by atoms with van der Waals surface area (Å²) in [5.41, 5.74) is -0.561. The minimum absolute atomic E-state index is 0.000255. The van der Waals surface area contributed by atoms with E-state index in [1.54, 1.807) is 0 Å². The van der Waals surface area contributed by atoms with Gasteiger partial charge in [0.15, 0.2) is 22.7 Å². The summed E-state index contributed by atoms with van der Waals surface area (Å²) in [5, 5.41) is 19.3. The highest BCUT2D eigenvalue weighted by Gasteiger charge is 2.40. The van der Waals surface area contributed by atoms with Crippen LogP contribution in [0.4, 0.5) is 92.5 Å².